The highest BCUT2D eigenvalue weighted by atomic mass is 35.5. The second-order valence-corrected chi connectivity index (χ2v) is 9.72. The van der Waals surface area contributed by atoms with E-state index >= 15 is 4.39 Å². The molecule has 0 bridgehead atoms. The second-order valence-electron chi connectivity index (χ2n) is 9.33. The molecule has 1 N–H and O–H groups in total. The fraction of sp³-hybridized carbons (Fsp3) is 0.0968. The van der Waals surface area contributed by atoms with Crippen LogP contribution in [0.5, 0.6) is 5.75 Å². The molecule has 2 unspecified atom stereocenters. The molecule has 6 aromatic rings. The van der Waals surface area contributed by atoms with Crippen LogP contribution in [0, 0.1) is 11.6 Å². The van der Waals surface area contributed by atoms with Crippen molar-refractivity contribution in [3.63, 3.8) is 0 Å². The molecule has 0 spiro atoms. The van der Waals surface area contributed by atoms with Crippen LogP contribution >= 0.6 is 11.6 Å². The number of benzene rings is 3. The van der Waals surface area contributed by atoms with Crippen molar-refractivity contribution >= 4 is 28.6 Å². The number of imidazole rings is 1. The smallest absolute Gasteiger partial charge is 0.335 e. The van der Waals surface area contributed by atoms with Gasteiger partial charge in [-0.15, -0.1) is 0 Å². The number of fused-ring (bicyclic) bond motifs is 1. The van der Waals surface area contributed by atoms with Crippen LogP contribution in [0.4, 0.5) is 8.78 Å². The highest BCUT2D eigenvalue weighted by molar-refractivity contribution is 6.20. The van der Waals surface area contributed by atoms with Gasteiger partial charge in [-0.3, -0.25) is 4.98 Å². The molecule has 0 fully saturated rings. The van der Waals surface area contributed by atoms with E-state index in [1.54, 1.807) is 41.1 Å². The molecule has 42 heavy (non-hydrogen) atoms. The van der Waals surface area contributed by atoms with Crippen molar-refractivity contribution in [2.24, 2.45) is 0 Å². The molecule has 8 nitrogen and oxygen atoms in total. The Morgan fingerprint density at radius 1 is 1.02 bits per heavy atom. The van der Waals surface area contributed by atoms with E-state index in [0.717, 1.165) is 0 Å². The van der Waals surface area contributed by atoms with Gasteiger partial charge in [0.25, 0.3) is 0 Å². The van der Waals surface area contributed by atoms with Crippen molar-refractivity contribution in [3.05, 3.63) is 143 Å². The van der Waals surface area contributed by atoms with E-state index in [1.165, 1.54) is 61.1 Å². The van der Waals surface area contributed by atoms with Crippen LogP contribution in [0.3, 0.4) is 0 Å². The minimum absolute atomic E-state index is 0.0481. The van der Waals surface area contributed by atoms with E-state index in [-0.39, 0.29) is 29.0 Å². The Morgan fingerprint density at radius 3 is 2.57 bits per heavy atom. The summed E-state index contributed by atoms with van der Waals surface area (Å²) < 4.78 is 43.7. The second kappa shape index (κ2) is 11.4. The zero-order chi connectivity index (χ0) is 29.2. The summed E-state index contributed by atoms with van der Waals surface area (Å²) >= 11 is 6.51. The number of carboxylic acids is 1. The number of carboxylic acid groups (broad SMARTS) is 1. The number of oxazole rings is 1. The summed E-state index contributed by atoms with van der Waals surface area (Å²) in [5, 5.41) is 9.66. The molecule has 210 valence electrons. The molecule has 0 aliphatic carbocycles. The zero-order valence-electron chi connectivity index (χ0n) is 21.7. The van der Waals surface area contributed by atoms with Crippen LogP contribution in [0.2, 0.25) is 0 Å². The van der Waals surface area contributed by atoms with Crippen LogP contribution in [0.1, 0.15) is 50.2 Å². The average Bonchev–Trinajstić information content (AvgIpc) is 3.63. The molecule has 0 saturated heterocycles. The molecule has 0 radical (unpaired) electrons. The van der Waals surface area contributed by atoms with Gasteiger partial charge in [0.1, 0.15) is 29.0 Å². The molecule has 0 saturated carbocycles. The van der Waals surface area contributed by atoms with E-state index in [1.807, 2.05) is 0 Å². The Labute approximate surface area is 242 Å². The highest BCUT2D eigenvalue weighted by Crippen LogP contribution is 2.41. The Morgan fingerprint density at radius 2 is 1.83 bits per heavy atom. The lowest BCUT2D eigenvalue weighted by atomic mass is 9.92. The molecule has 0 amide bonds. The van der Waals surface area contributed by atoms with Gasteiger partial charge in [-0.05, 0) is 48.5 Å². The number of halogens is 3. The van der Waals surface area contributed by atoms with Crippen molar-refractivity contribution in [2.45, 2.75) is 18.0 Å². The monoisotopic (exact) mass is 586 g/mol. The number of pyridine rings is 1. The first-order valence-corrected chi connectivity index (χ1v) is 13.2. The summed E-state index contributed by atoms with van der Waals surface area (Å²) in [6.45, 7) is 0.107. The van der Waals surface area contributed by atoms with Crippen molar-refractivity contribution in [2.75, 3.05) is 0 Å². The van der Waals surface area contributed by atoms with Gasteiger partial charge in [0.05, 0.1) is 41.0 Å². The zero-order valence-corrected chi connectivity index (χ0v) is 22.5. The van der Waals surface area contributed by atoms with Crippen LogP contribution in [0.15, 0.2) is 102 Å². The number of nitrogens with zero attached hydrogens (tertiary/aromatic N) is 4. The Hall–Kier alpha value is -5.09. The molecular formula is C31H21ClF2N4O4. The summed E-state index contributed by atoms with van der Waals surface area (Å²) in [6.07, 6.45) is 4.37. The lowest BCUT2D eigenvalue weighted by Gasteiger charge is -2.23. The maximum atomic E-state index is 16.0. The first-order chi connectivity index (χ1) is 20.4. The first kappa shape index (κ1) is 27.1. The minimum Gasteiger partial charge on any atom is -0.478 e. The van der Waals surface area contributed by atoms with Crippen molar-refractivity contribution in [1.82, 2.24) is 19.5 Å². The van der Waals surface area contributed by atoms with E-state index in [0.29, 0.717) is 28.3 Å². The first-order valence-electron chi connectivity index (χ1n) is 12.8. The number of alkyl halides is 1. The van der Waals surface area contributed by atoms with E-state index in [9.17, 15) is 14.3 Å². The van der Waals surface area contributed by atoms with Crippen molar-refractivity contribution in [1.29, 1.82) is 0 Å². The molecular weight excluding hydrogens is 566 g/mol. The SMILES string of the molecule is O=C(O)c1ccc2nc(C(c3ccccn3)c3c(F)cccc3OC(Cl)c3ccccc3F)n(Cc3cnco3)c2c1. The third-order valence-corrected chi connectivity index (χ3v) is 7.07. The molecule has 3 aromatic heterocycles. The van der Waals surface area contributed by atoms with Gasteiger partial charge in [-0.1, -0.05) is 41.9 Å². The van der Waals surface area contributed by atoms with Crippen molar-refractivity contribution in [3.8, 4) is 5.75 Å². The largest absolute Gasteiger partial charge is 0.478 e. The maximum Gasteiger partial charge on any atom is 0.335 e. The fourth-order valence-electron chi connectivity index (χ4n) is 4.83. The molecule has 0 aliphatic heterocycles. The summed E-state index contributed by atoms with van der Waals surface area (Å²) in [6, 6.07) is 19.9. The number of aromatic carboxylic acids is 1. The Bertz CT molecular complexity index is 1880. The van der Waals surface area contributed by atoms with Crippen LogP contribution in [-0.2, 0) is 6.54 Å². The van der Waals surface area contributed by atoms with Gasteiger partial charge >= 0.3 is 5.97 Å². The molecule has 2 atom stereocenters. The van der Waals surface area contributed by atoms with Crippen LogP contribution in [0.25, 0.3) is 11.0 Å². The summed E-state index contributed by atoms with van der Waals surface area (Å²) in [5.41, 5.74) is 0.290. The van der Waals surface area contributed by atoms with E-state index in [4.69, 9.17) is 25.7 Å². The number of rotatable bonds is 9. The number of ether oxygens (including phenoxy) is 1. The summed E-state index contributed by atoms with van der Waals surface area (Å²) in [7, 11) is 0. The van der Waals surface area contributed by atoms with Gasteiger partial charge < -0.3 is 18.8 Å². The Kier molecular flexibility index (Phi) is 7.37. The van der Waals surface area contributed by atoms with Crippen molar-refractivity contribution < 1.29 is 27.8 Å². The number of carbonyl (C=O) groups is 1. The third kappa shape index (κ3) is 5.19. The number of hydrogen-bond acceptors (Lipinski definition) is 6. The number of hydrogen-bond donors (Lipinski definition) is 1. The van der Waals surface area contributed by atoms with E-state index in [2.05, 4.69) is 9.97 Å². The van der Waals surface area contributed by atoms with E-state index < -0.39 is 29.1 Å². The van der Waals surface area contributed by atoms with Crippen LogP contribution in [-0.4, -0.2) is 30.6 Å². The average molecular weight is 587 g/mol. The normalized spacial score (nSPS) is 12.7. The highest BCUT2D eigenvalue weighted by Gasteiger charge is 2.32. The fourth-order valence-corrected chi connectivity index (χ4v) is 5.10. The lowest BCUT2D eigenvalue weighted by Crippen LogP contribution is -2.17. The summed E-state index contributed by atoms with van der Waals surface area (Å²) in [4.78, 5) is 25.2. The van der Waals surface area contributed by atoms with Gasteiger partial charge in [0, 0.05) is 17.3 Å². The summed E-state index contributed by atoms with van der Waals surface area (Å²) in [5.74, 6) is -2.44. The molecule has 6 rings (SSSR count). The van der Waals surface area contributed by atoms with Gasteiger partial charge in [-0.2, -0.15) is 0 Å². The minimum atomic E-state index is -1.28. The Balaban J connectivity index is 1.58. The third-order valence-electron chi connectivity index (χ3n) is 6.75. The molecule has 3 aromatic carbocycles. The standard InChI is InChI=1S/C31H21ClF2N4O4/c32-29(20-6-1-2-7-21(20)33)42-26-10-5-8-22(34)27(26)28(24-9-3-4-13-36-24)30-37-23-12-11-18(31(39)40)14-25(23)38(30)16-19-15-35-17-41-19/h1-15,17,28-29H,16H2,(H,39,40). The van der Waals surface area contributed by atoms with Gasteiger partial charge in [0.15, 0.2) is 6.39 Å². The van der Waals surface area contributed by atoms with Crippen LogP contribution < -0.4 is 4.74 Å². The topological polar surface area (TPSA) is 103 Å². The predicted octanol–water partition coefficient (Wildman–Crippen LogP) is 6.94. The number of aromatic nitrogens is 4. The van der Waals surface area contributed by atoms with Gasteiger partial charge in [-0.25, -0.2) is 23.5 Å². The lowest BCUT2D eigenvalue weighted by molar-refractivity contribution is 0.0697. The van der Waals surface area contributed by atoms with Gasteiger partial charge in [0.2, 0.25) is 5.56 Å². The quantitative estimate of drug-likeness (QED) is 0.183. The predicted molar refractivity (Wildman–Crippen MR) is 150 cm³/mol. The molecule has 11 heteroatoms. The molecule has 0 aliphatic rings. The maximum absolute atomic E-state index is 16.0. The molecule has 3 heterocycles.